The number of amides is 1. The first-order chi connectivity index (χ1) is 10.4. The van der Waals surface area contributed by atoms with Gasteiger partial charge in [-0.3, -0.25) is 9.78 Å². The molecule has 2 aromatic heterocycles. The van der Waals surface area contributed by atoms with Gasteiger partial charge < -0.3 is 9.42 Å². The number of pyridine rings is 1. The molecule has 9 heteroatoms. The SMILES string of the molecule is O=C1CCCN1Cc1ccc(-c2noc(C(F)(F)F)n2)cn1. The average molecular weight is 312 g/mol. The van der Waals surface area contributed by atoms with Gasteiger partial charge in [0.15, 0.2) is 0 Å². The lowest BCUT2D eigenvalue weighted by molar-refractivity contribution is -0.159. The summed E-state index contributed by atoms with van der Waals surface area (Å²) in [6.45, 7) is 1.08. The first kappa shape index (κ1) is 14.5. The van der Waals surface area contributed by atoms with Gasteiger partial charge >= 0.3 is 12.1 Å². The molecule has 0 atom stereocenters. The van der Waals surface area contributed by atoms with E-state index in [0.29, 0.717) is 30.8 Å². The van der Waals surface area contributed by atoms with Gasteiger partial charge in [-0.05, 0) is 18.6 Å². The molecule has 2 aromatic rings. The standard InChI is InChI=1S/C13H11F3N4O2/c14-13(15,16)12-18-11(19-22-12)8-3-4-9(17-6-8)7-20-5-1-2-10(20)21/h3-4,6H,1-2,5,7H2. The van der Waals surface area contributed by atoms with E-state index in [1.165, 1.54) is 6.20 Å². The van der Waals surface area contributed by atoms with Gasteiger partial charge in [0, 0.05) is 24.7 Å². The van der Waals surface area contributed by atoms with Gasteiger partial charge in [-0.15, -0.1) is 0 Å². The fraction of sp³-hybridized carbons (Fsp3) is 0.385. The number of rotatable bonds is 3. The van der Waals surface area contributed by atoms with Gasteiger partial charge in [0.25, 0.3) is 0 Å². The highest BCUT2D eigenvalue weighted by atomic mass is 19.4. The summed E-state index contributed by atoms with van der Waals surface area (Å²) in [6.07, 6.45) is -1.93. The fourth-order valence-electron chi connectivity index (χ4n) is 2.17. The summed E-state index contributed by atoms with van der Waals surface area (Å²) < 4.78 is 41.4. The first-order valence-corrected chi connectivity index (χ1v) is 6.57. The van der Waals surface area contributed by atoms with E-state index in [-0.39, 0.29) is 11.7 Å². The average Bonchev–Trinajstić information content (AvgIpc) is 3.09. The van der Waals surface area contributed by atoms with Crippen molar-refractivity contribution in [3.8, 4) is 11.4 Å². The lowest BCUT2D eigenvalue weighted by Gasteiger charge is -2.14. The van der Waals surface area contributed by atoms with Gasteiger partial charge in [0.1, 0.15) is 0 Å². The summed E-state index contributed by atoms with van der Waals surface area (Å²) in [5.41, 5.74) is 0.967. The van der Waals surface area contributed by atoms with Crippen LogP contribution in [0.3, 0.4) is 0 Å². The molecular weight excluding hydrogens is 301 g/mol. The second-order valence-electron chi connectivity index (χ2n) is 4.88. The van der Waals surface area contributed by atoms with E-state index in [4.69, 9.17) is 0 Å². The van der Waals surface area contributed by atoms with Crippen LogP contribution in [-0.4, -0.2) is 32.5 Å². The first-order valence-electron chi connectivity index (χ1n) is 6.57. The molecule has 0 spiro atoms. The Morgan fingerprint density at radius 2 is 2.14 bits per heavy atom. The van der Waals surface area contributed by atoms with Gasteiger partial charge in [-0.2, -0.15) is 18.2 Å². The summed E-state index contributed by atoms with van der Waals surface area (Å²) in [7, 11) is 0. The van der Waals surface area contributed by atoms with Crippen molar-refractivity contribution in [1.29, 1.82) is 0 Å². The Balaban J connectivity index is 1.74. The molecule has 0 aliphatic carbocycles. The quantitative estimate of drug-likeness (QED) is 0.869. The zero-order valence-corrected chi connectivity index (χ0v) is 11.3. The number of carbonyl (C=O) groups excluding carboxylic acids is 1. The second-order valence-corrected chi connectivity index (χ2v) is 4.88. The summed E-state index contributed by atoms with van der Waals surface area (Å²) in [6, 6.07) is 3.18. The summed E-state index contributed by atoms with van der Waals surface area (Å²) >= 11 is 0. The lowest BCUT2D eigenvalue weighted by Crippen LogP contribution is -2.24. The maximum atomic E-state index is 12.4. The van der Waals surface area contributed by atoms with Crippen molar-refractivity contribution in [3.63, 3.8) is 0 Å². The van der Waals surface area contributed by atoms with Crippen molar-refractivity contribution in [2.75, 3.05) is 6.54 Å². The van der Waals surface area contributed by atoms with Gasteiger partial charge in [-0.25, -0.2) is 0 Å². The Morgan fingerprint density at radius 1 is 1.32 bits per heavy atom. The zero-order valence-electron chi connectivity index (χ0n) is 11.3. The number of hydrogen-bond acceptors (Lipinski definition) is 5. The molecule has 3 rings (SSSR count). The molecule has 0 radical (unpaired) electrons. The molecule has 22 heavy (non-hydrogen) atoms. The normalized spacial score (nSPS) is 15.6. The molecule has 0 unspecified atom stereocenters. The number of alkyl halides is 3. The van der Waals surface area contributed by atoms with Crippen LogP contribution in [0, 0.1) is 0 Å². The molecule has 1 aliphatic rings. The molecule has 1 saturated heterocycles. The minimum Gasteiger partial charge on any atom is -0.337 e. The van der Waals surface area contributed by atoms with Crippen molar-refractivity contribution in [3.05, 3.63) is 29.9 Å². The maximum absolute atomic E-state index is 12.4. The Morgan fingerprint density at radius 3 is 2.68 bits per heavy atom. The molecular formula is C13H11F3N4O2. The summed E-state index contributed by atoms with van der Waals surface area (Å²) in [4.78, 5) is 20.6. The number of nitrogens with zero attached hydrogens (tertiary/aromatic N) is 4. The molecule has 0 saturated carbocycles. The van der Waals surface area contributed by atoms with Crippen LogP contribution in [0.5, 0.6) is 0 Å². The van der Waals surface area contributed by atoms with Crippen LogP contribution < -0.4 is 0 Å². The minimum atomic E-state index is -4.67. The highest BCUT2D eigenvalue weighted by Gasteiger charge is 2.38. The third-order valence-corrected chi connectivity index (χ3v) is 3.28. The smallest absolute Gasteiger partial charge is 0.337 e. The molecule has 6 nitrogen and oxygen atoms in total. The number of hydrogen-bond donors (Lipinski definition) is 0. The third kappa shape index (κ3) is 2.92. The van der Waals surface area contributed by atoms with E-state index < -0.39 is 12.1 Å². The summed E-state index contributed by atoms with van der Waals surface area (Å²) in [5.74, 6) is -1.49. The van der Waals surface area contributed by atoms with E-state index in [1.54, 1.807) is 17.0 Å². The fourth-order valence-corrected chi connectivity index (χ4v) is 2.17. The van der Waals surface area contributed by atoms with Crippen LogP contribution in [0.1, 0.15) is 24.4 Å². The maximum Gasteiger partial charge on any atom is 0.471 e. The van der Waals surface area contributed by atoms with Crippen molar-refractivity contribution >= 4 is 5.91 Å². The van der Waals surface area contributed by atoms with Crippen LogP contribution in [0.15, 0.2) is 22.9 Å². The number of halogens is 3. The van der Waals surface area contributed by atoms with Crippen molar-refractivity contribution in [2.24, 2.45) is 0 Å². The van der Waals surface area contributed by atoms with Crippen LogP contribution in [-0.2, 0) is 17.5 Å². The molecule has 116 valence electrons. The number of likely N-dealkylation sites (tertiary alicyclic amines) is 1. The van der Waals surface area contributed by atoms with Gasteiger partial charge in [-0.1, -0.05) is 5.16 Å². The van der Waals surface area contributed by atoms with Gasteiger partial charge in [0.05, 0.1) is 12.2 Å². The highest BCUT2D eigenvalue weighted by molar-refractivity contribution is 5.78. The van der Waals surface area contributed by atoms with Crippen LogP contribution in [0.2, 0.25) is 0 Å². The van der Waals surface area contributed by atoms with E-state index in [2.05, 4.69) is 19.6 Å². The van der Waals surface area contributed by atoms with Crippen LogP contribution >= 0.6 is 0 Å². The van der Waals surface area contributed by atoms with Crippen molar-refractivity contribution < 1.29 is 22.5 Å². The number of carbonyl (C=O) groups is 1. The number of aromatic nitrogens is 3. The molecule has 0 N–H and O–H groups in total. The molecule has 3 heterocycles. The van der Waals surface area contributed by atoms with Crippen LogP contribution in [0.25, 0.3) is 11.4 Å². The predicted molar refractivity (Wildman–Crippen MR) is 67.2 cm³/mol. The largest absolute Gasteiger partial charge is 0.471 e. The van der Waals surface area contributed by atoms with E-state index >= 15 is 0 Å². The van der Waals surface area contributed by atoms with Gasteiger partial charge in [0.2, 0.25) is 11.7 Å². The topological polar surface area (TPSA) is 72.1 Å². The van der Waals surface area contributed by atoms with Crippen molar-refractivity contribution in [2.45, 2.75) is 25.6 Å². The highest BCUT2D eigenvalue weighted by Crippen LogP contribution is 2.29. The Kier molecular flexibility index (Phi) is 3.55. The predicted octanol–water partition coefficient (Wildman–Crippen LogP) is 2.27. The molecule has 1 amide bonds. The zero-order chi connectivity index (χ0) is 15.7. The van der Waals surface area contributed by atoms with E-state index in [1.807, 2.05) is 0 Å². The minimum absolute atomic E-state index is 0.0823. The van der Waals surface area contributed by atoms with Crippen LogP contribution in [0.4, 0.5) is 13.2 Å². The lowest BCUT2D eigenvalue weighted by atomic mass is 10.2. The molecule has 1 fully saturated rings. The molecule has 0 aromatic carbocycles. The molecule has 0 bridgehead atoms. The van der Waals surface area contributed by atoms with Crippen molar-refractivity contribution in [1.82, 2.24) is 20.0 Å². The Hall–Kier alpha value is -2.45. The molecule has 1 aliphatic heterocycles. The third-order valence-electron chi connectivity index (χ3n) is 3.28. The monoisotopic (exact) mass is 312 g/mol. The summed E-state index contributed by atoms with van der Waals surface area (Å²) in [5, 5.41) is 3.29. The second kappa shape index (κ2) is 5.39. The Labute approximate surface area is 122 Å². The van der Waals surface area contributed by atoms with E-state index in [9.17, 15) is 18.0 Å². The van der Waals surface area contributed by atoms with E-state index in [0.717, 1.165) is 6.42 Å². The Bertz CT molecular complexity index is 681.